The second-order valence-corrected chi connectivity index (χ2v) is 7.10. The van der Waals surface area contributed by atoms with E-state index in [1.165, 1.54) is 38.5 Å². The number of hydrogen-bond acceptors (Lipinski definition) is 3. The SMILES string of the molecule is C1CCCCC1.CC(C)SCCC(O)CCCN. The van der Waals surface area contributed by atoms with Gasteiger partial charge in [0, 0.05) is 0 Å². The van der Waals surface area contributed by atoms with E-state index in [0.29, 0.717) is 11.8 Å². The van der Waals surface area contributed by atoms with Crippen LogP contribution >= 0.6 is 11.8 Å². The smallest absolute Gasteiger partial charge is 0.0548 e. The molecular formula is C15H33NOS. The van der Waals surface area contributed by atoms with Gasteiger partial charge in [-0.3, -0.25) is 0 Å². The predicted octanol–water partition coefficient (Wildman–Crippen LogP) is 3.96. The third-order valence-electron chi connectivity index (χ3n) is 3.14. The number of nitrogens with two attached hydrogens (primary N) is 1. The van der Waals surface area contributed by atoms with Crippen molar-refractivity contribution in [2.75, 3.05) is 12.3 Å². The first-order valence-electron chi connectivity index (χ1n) is 7.66. The van der Waals surface area contributed by atoms with Crippen molar-refractivity contribution in [3.05, 3.63) is 0 Å². The zero-order valence-corrected chi connectivity index (χ0v) is 13.2. The lowest BCUT2D eigenvalue weighted by Crippen LogP contribution is -2.11. The third-order valence-corrected chi connectivity index (χ3v) is 4.28. The molecule has 1 atom stereocenters. The lowest BCUT2D eigenvalue weighted by Gasteiger charge is -2.10. The summed E-state index contributed by atoms with van der Waals surface area (Å²) in [7, 11) is 0. The minimum atomic E-state index is -0.139. The van der Waals surface area contributed by atoms with Gasteiger partial charge in [-0.15, -0.1) is 0 Å². The normalized spacial score (nSPS) is 17.2. The maximum Gasteiger partial charge on any atom is 0.0548 e. The average Bonchev–Trinajstić information content (AvgIpc) is 2.39. The van der Waals surface area contributed by atoms with Crippen molar-refractivity contribution in [1.82, 2.24) is 0 Å². The maximum absolute atomic E-state index is 9.42. The molecule has 3 heteroatoms. The van der Waals surface area contributed by atoms with Crippen molar-refractivity contribution in [1.29, 1.82) is 0 Å². The molecule has 18 heavy (non-hydrogen) atoms. The van der Waals surface area contributed by atoms with E-state index in [0.717, 1.165) is 25.0 Å². The molecule has 0 aromatic carbocycles. The molecule has 2 nitrogen and oxygen atoms in total. The highest BCUT2D eigenvalue weighted by Crippen LogP contribution is 2.15. The topological polar surface area (TPSA) is 46.2 Å². The van der Waals surface area contributed by atoms with Crippen molar-refractivity contribution >= 4 is 11.8 Å². The average molecular weight is 276 g/mol. The summed E-state index contributed by atoms with van der Waals surface area (Å²) in [4.78, 5) is 0. The van der Waals surface area contributed by atoms with Crippen molar-refractivity contribution < 1.29 is 5.11 Å². The third kappa shape index (κ3) is 14.3. The van der Waals surface area contributed by atoms with Crippen molar-refractivity contribution in [3.8, 4) is 0 Å². The first kappa shape index (κ1) is 18.3. The molecule has 0 amide bonds. The first-order chi connectivity index (χ1) is 8.66. The Balaban J connectivity index is 0.000000397. The molecule has 0 radical (unpaired) electrons. The summed E-state index contributed by atoms with van der Waals surface area (Å²) in [6.07, 6.45) is 11.6. The molecule has 1 rings (SSSR count). The Morgan fingerprint density at radius 2 is 1.50 bits per heavy atom. The Kier molecular flexibility index (Phi) is 13.9. The molecule has 0 aliphatic heterocycles. The molecule has 1 saturated carbocycles. The van der Waals surface area contributed by atoms with Crippen LogP contribution in [0.2, 0.25) is 0 Å². The fourth-order valence-electron chi connectivity index (χ4n) is 2.00. The monoisotopic (exact) mass is 275 g/mol. The molecule has 0 spiro atoms. The lowest BCUT2D eigenvalue weighted by atomic mass is 10.0. The summed E-state index contributed by atoms with van der Waals surface area (Å²) in [6, 6.07) is 0. The van der Waals surface area contributed by atoms with E-state index >= 15 is 0 Å². The van der Waals surface area contributed by atoms with Crippen LogP contribution in [0, 0.1) is 0 Å². The summed E-state index contributed by atoms with van der Waals surface area (Å²) < 4.78 is 0. The Morgan fingerprint density at radius 3 is 1.89 bits per heavy atom. The van der Waals surface area contributed by atoms with Crippen LogP contribution in [-0.4, -0.2) is 28.8 Å². The van der Waals surface area contributed by atoms with E-state index in [-0.39, 0.29) is 6.10 Å². The van der Waals surface area contributed by atoms with Crippen molar-refractivity contribution in [3.63, 3.8) is 0 Å². The van der Waals surface area contributed by atoms with Gasteiger partial charge in [-0.2, -0.15) is 11.8 Å². The molecule has 0 bridgehead atoms. The van der Waals surface area contributed by atoms with Crippen LogP contribution in [0.4, 0.5) is 0 Å². The zero-order valence-electron chi connectivity index (χ0n) is 12.4. The van der Waals surface area contributed by atoms with Crippen molar-refractivity contribution in [2.24, 2.45) is 5.73 Å². The molecule has 1 aliphatic rings. The molecule has 0 heterocycles. The summed E-state index contributed by atoms with van der Waals surface area (Å²) in [5.41, 5.74) is 5.34. The van der Waals surface area contributed by atoms with Gasteiger partial charge in [-0.05, 0) is 36.8 Å². The summed E-state index contributed by atoms with van der Waals surface area (Å²) >= 11 is 1.90. The Hall–Kier alpha value is 0.270. The van der Waals surface area contributed by atoms with Gasteiger partial charge in [0.1, 0.15) is 0 Å². The van der Waals surface area contributed by atoms with Gasteiger partial charge in [0.2, 0.25) is 0 Å². The zero-order chi connectivity index (χ0) is 13.6. The molecule has 1 aliphatic carbocycles. The van der Waals surface area contributed by atoms with E-state index in [2.05, 4.69) is 13.8 Å². The lowest BCUT2D eigenvalue weighted by molar-refractivity contribution is 0.159. The predicted molar refractivity (Wildman–Crippen MR) is 84.2 cm³/mol. The highest BCUT2D eigenvalue weighted by Gasteiger charge is 2.03. The molecule has 110 valence electrons. The second kappa shape index (κ2) is 13.7. The Labute approximate surface area is 118 Å². The minimum absolute atomic E-state index is 0.139. The van der Waals surface area contributed by atoms with Gasteiger partial charge in [0.05, 0.1) is 6.10 Å². The molecule has 0 saturated heterocycles. The van der Waals surface area contributed by atoms with Gasteiger partial charge in [0.25, 0.3) is 0 Å². The van der Waals surface area contributed by atoms with Crippen molar-refractivity contribution in [2.45, 2.75) is 83.0 Å². The van der Waals surface area contributed by atoms with E-state index in [1.54, 1.807) is 0 Å². The Bertz CT molecular complexity index is 149. The van der Waals surface area contributed by atoms with Gasteiger partial charge in [-0.1, -0.05) is 52.4 Å². The second-order valence-electron chi connectivity index (χ2n) is 5.41. The van der Waals surface area contributed by atoms with E-state index in [1.807, 2.05) is 11.8 Å². The van der Waals surface area contributed by atoms with E-state index in [9.17, 15) is 5.11 Å². The highest BCUT2D eigenvalue weighted by atomic mass is 32.2. The molecule has 1 fully saturated rings. The Morgan fingerprint density at radius 1 is 1.00 bits per heavy atom. The van der Waals surface area contributed by atoms with Crippen LogP contribution in [0.1, 0.15) is 71.6 Å². The number of rotatable bonds is 7. The van der Waals surface area contributed by atoms with Gasteiger partial charge < -0.3 is 10.8 Å². The number of aliphatic hydroxyl groups excluding tert-OH is 1. The van der Waals surface area contributed by atoms with Gasteiger partial charge in [0.15, 0.2) is 0 Å². The molecule has 1 unspecified atom stereocenters. The largest absolute Gasteiger partial charge is 0.393 e. The van der Waals surface area contributed by atoms with Crippen LogP contribution in [-0.2, 0) is 0 Å². The first-order valence-corrected chi connectivity index (χ1v) is 8.71. The molecule has 3 N–H and O–H groups in total. The van der Waals surface area contributed by atoms with Gasteiger partial charge >= 0.3 is 0 Å². The van der Waals surface area contributed by atoms with Crippen LogP contribution in [0.15, 0.2) is 0 Å². The summed E-state index contributed by atoms with van der Waals surface area (Å²) in [5.74, 6) is 1.06. The quantitative estimate of drug-likeness (QED) is 0.739. The fourth-order valence-corrected chi connectivity index (χ4v) is 2.88. The fraction of sp³-hybridized carbons (Fsp3) is 1.00. The van der Waals surface area contributed by atoms with Crippen LogP contribution in [0.5, 0.6) is 0 Å². The van der Waals surface area contributed by atoms with Crippen LogP contribution in [0.25, 0.3) is 0 Å². The highest BCUT2D eigenvalue weighted by molar-refractivity contribution is 7.99. The summed E-state index contributed by atoms with van der Waals surface area (Å²) in [6.45, 7) is 5.04. The molecule has 0 aromatic heterocycles. The minimum Gasteiger partial charge on any atom is -0.393 e. The van der Waals surface area contributed by atoms with E-state index in [4.69, 9.17) is 5.73 Å². The number of hydrogen-bond donors (Lipinski definition) is 2. The number of aliphatic hydroxyl groups is 1. The number of thioether (sulfide) groups is 1. The summed E-state index contributed by atoms with van der Waals surface area (Å²) in [5, 5.41) is 10.1. The molecule has 0 aromatic rings. The molecular weight excluding hydrogens is 242 g/mol. The standard InChI is InChI=1S/C9H21NOS.C6H12/c1-8(2)12-7-5-9(11)4-3-6-10;1-2-4-6-5-3-1/h8-9,11H,3-7,10H2,1-2H3;1-6H2. The maximum atomic E-state index is 9.42. The van der Waals surface area contributed by atoms with Crippen LogP contribution in [0.3, 0.4) is 0 Å². The van der Waals surface area contributed by atoms with E-state index < -0.39 is 0 Å². The van der Waals surface area contributed by atoms with Crippen LogP contribution < -0.4 is 5.73 Å². The van der Waals surface area contributed by atoms with Gasteiger partial charge in [-0.25, -0.2) is 0 Å².